The molecule has 30 heavy (non-hydrogen) atoms. The third-order valence-electron chi connectivity index (χ3n) is 4.42. The number of benzene rings is 2. The van der Waals surface area contributed by atoms with Crippen molar-refractivity contribution in [3.8, 4) is 11.5 Å². The van der Waals surface area contributed by atoms with E-state index in [0.717, 1.165) is 0 Å². The van der Waals surface area contributed by atoms with E-state index in [1.54, 1.807) is 23.7 Å². The van der Waals surface area contributed by atoms with E-state index in [4.69, 9.17) is 25.2 Å². The van der Waals surface area contributed by atoms with Gasteiger partial charge in [-0.15, -0.1) is 0 Å². The normalized spacial score (nSPS) is 11.3. The second-order valence-electron chi connectivity index (χ2n) is 6.27. The molecule has 2 aromatic rings. The van der Waals surface area contributed by atoms with E-state index in [2.05, 4.69) is 5.32 Å². The summed E-state index contributed by atoms with van der Waals surface area (Å²) in [7, 11) is 2.84. The fourth-order valence-corrected chi connectivity index (χ4v) is 2.93. The smallest absolute Gasteiger partial charge is 0.330 e. The molecule has 0 aliphatic rings. The van der Waals surface area contributed by atoms with Gasteiger partial charge in [-0.2, -0.15) is 0 Å². The largest absolute Gasteiger partial charge is 0.497 e. The Morgan fingerprint density at radius 3 is 2.27 bits per heavy atom. The van der Waals surface area contributed by atoms with E-state index < -0.39 is 18.0 Å². The molecule has 0 aliphatic heterocycles. The second kappa shape index (κ2) is 10.1. The zero-order chi connectivity index (χ0) is 22.3. The number of ether oxygens (including phenoxy) is 2. The minimum Gasteiger partial charge on any atom is -0.497 e. The van der Waals surface area contributed by atoms with Crippen LogP contribution in [-0.4, -0.2) is 47.4 Å². The molecular formula is C20H23N3O7. The highest BCUT2D eigenvalue weighted by atomic mass is 16.5. The maximum atomic E-state index is 12.1. The number of hydrogen-bond donors (Lipinski definition) is 6. The van der Waals surface area contributed by atoms with Crippen molar-refractivity contribution in [3.63, 3.8) is 0 Å². The number of carboxylic acids is 2. The number of nitrogens with one attached hydrogen (secondary N) is 3. The summed E-state index contributed by atoms with van der Waals surface area (Å²) in [5, 5.41) is 38.2. The molecular weight excluding hydrogens is 394 g/mol. The van der Waals surface area contributed by atoms with Gasteiger partial charge < -0.3 is 25.0 Å². The molecule has 0 aliphatic carbocycles. The van der Waals surface area contributed by atoms with Crippen LogP contribution in [0.5, 0.6) is 11.5 Å². The third-order valence-corrected chi connectivity index (χ3v) is 4.42. The number of methoxy groups -OCH3 is 2. The molecule has 10 heteroatoms. The SMILES string of the molecule is COc1cc(OC)c(CCC(=O)O)c(C(Nc2ccc(C(=N)NO)cc2)C(=O)O)c1. The van der Waals surface area contributed by atoms with E-state index in [1.807, 2.05) is 0 Å². The average Bonchev–Trinajstić information content (AvgIpc) is 2.74. The summed E-state index contributed by atoms with van der Waals surface area (Å²) in [6.07, 6.45) is -0.130. The highest BCUT2D eigenvalue weighted by Crippen LogP contribution is 2.35. The molecule has 1 unspecified atom stereocenters. The van der Waals surface area contributed by atoms with Crippen LogP contribution >= 0.6 is 0 Å². The van der Waals surface area contributed by atoms with Gasteiger partial charge in [0.05, 0.1) is 14.2 Å². The molecule has 0 spiro atoms. The summed E-state index contributed by atoms with van der Waals surface area (Å²) >= 11 is 0. The van der Waals surface area contributed by atoms with E-state index in [1.165, 1.54) is 32.4 Å². The molecule has 2 rings (SSSR count). The van der Waals surface area contributed by atoms with Gasteiger partial charge >= 0.3 is 11.9 Å². The number of carboxylic acid groups (broad SMARTS) is 2. The van der Waals surface area contributed by atoms with Gasteiger partial charge in [0, 0.05) is 29.3 Å². The topological polar surface area (TPSA) is 161 Å². The Labute approximate surface area is 172 Å². The Bertz CT molecular complexity index is 929. The van der Waals surface area contributed by atoms with Crippen LogP contribution in [0.4, 0.5) is 5.69 Å². The minimum absolute atomic E-state index is 0.0710. The molecule has 0 heterocycles. The predicted molar refractivity (Wildman–Crippen MR) is 108 cm³/mol. The average molecular weight is 417 g/mol. The zero-order valence-electron chi connectivity index (χ0n) is 16.4. The summed E-state index contributed by atoms with van der Waals surface area (Å²) < 4.78 is 10.6. The van der Waals surface area contributed by atoms with Crippen LogP contribution < -0.4 is 20.3 Å². The molecule has 0 amide bonds. The van der Waals surface area contributed by atoms with Crippen molar-refractivity contribution in [1.82, 2.24) is 5.48 Å². The fraction of sp³-hybridized carbons (Fsp3) is 0.250. The number of hydrogen-bond acceptors (Lipinski definition) is 7. The summed E-state index contributed by atoms with van der Waals surface area (Å²) in [5.41, 5.74) is 3.35. The first-order valence-corrected chi connectivity index (χ1v) is 8.85. The van der Waals surface area contributed by atoms with Crippen LogP contribution in [0.1, 0.15) is 29.2 Å². The van der Waals surface area contributed by atoms with Crippen molar-refractivity contribution in [2.45, 2.75) is 18.9 Å². The van der Waals surface area contributed by atoms with E-state index in [9.17, 15) is 14.7 Å². The molecule has 0 saturated carbocycles. The summed E-state index contributed by atoms with van der Waals surface area (Å²) in [6.45, 7) is 0. The maximum Gasteiger partial charge on any atom is 0.330 e. The van der Waals surface area contributed by atoms with Crippen LogP contribution in [0.15, 0.2) is 36.4 Å². The van der Waals surface area contributed by atoms with E-state index >= 15 is 0 Å². The van der Waals surface area contributed by atoms with Crippen molar-refractivity contribution < 1.29 is 34.5 Å². The Morgan fingerprint density at radius 2 is 1.77 bits per heavy atom. The van der Waals surface area contributed by atoms with Crippen LogP contribution in [0.3, 0.4) is 0 Å². The lowest BCUT2D eigenvalue weighted by atomic mass is 9.95. The minimum atomic E-state index is -1.22. The quantitative estimate of drug-likeness (QED) is 0.193. The first-order chi connectivity index (χ1) is 14.3. The lowest BCUT2D eigenvalue weighted by Gasteiger charge is -2.22. The second-order valence-corrected chi connectivity index (χ2v) is 6.27. The molecule has 0 bridgehead atoms. The van der Waals surface area contributed by atoms with Crippen molar-refractivity contribution in [2.75, 3.05) is 19.5 Å². The first-order valence-electron chi connectivity index (χ1n) is 8.85. The van der Waals surface area contributed by atoms with Crippen molar-refractivity contribution in [1.29, 1.82) is 5.41 Å². The molecule has 0 radical (unpaired) electrons. The molecule has 6 N–H and O–H groups in total. The van der Waals surface area contributed by atoms with Gasteiger partial charge in [-0.1, -0.05) is 0 Å². The van der Waals surface area contributed by atoms with Gasteiger partial charge in [-0.25, -0.2) is 4.79 Å². The summed E-state index contributed by atoms with van der Waals surface area (Å²) in [4.78, 5) is 23.2. The molecule has 2 aromatic carbocycles. The monoisotopic (exact) mass is 417 g/mol. The maximum absolute atomic E-state index is 12.1. The zero-order valence-corrected chi connectivity index (χ0v) is 16.4. The van der Waals surface area contributed by atoms with Crippen LogP contribution in [0.2, 0.25) is 0 Å². The highest BCUT2D eigenvalue weighted by Gasteiger charge is 2.26. The standard InChI is InChI=1S/C20H23N3O7/c1-29-13-9-15(14(7-8-17(24)25)16(10-13)30-2)18(20(26)27)22-12-5-3-11(4-6-12)19(21)23-28/h3-6,9-10,18,22,28H,7-8H2,1-2H3,(H2,21,23)(H,24,25)(H,26,27). The van der Waals surface area contributed by atoms with E-state index in [-0.39, 0.29) is 18.7 Å². The summed E-state index contributed by atoms with van der Waals surface area (Å²) in [5.74, 6) is -1.71. The lowest BCUT2D eigenvalue weighted by Crippen LogP contribution is -2.23. The predicted octanol–water partition coefficient (Wildman–Crippen LogP) is 2.26. The Balaban J connectivity index is 2.47. The Morgan fingerprint density at radius 1 is 1.10 bits per heavy atom. The third kappa shape index (κ3) is 5.39. The number of anilines is 1. The number of aliphatic carboxylic acids is 2. The summed E-state index contributed by atoms with van der Waals surface area (Å²) in [6, 6.07) is 8.07. The van der Waals surface area contributed by atoms with Crippen LogP contribution in [0, 0.1) is 5.41 Å². The van der Waals surface area contributed by atoms with Crippen molar-refractivity contribution in [2.24, 2.45) is 0 Å². The van der Waals surface area contributed by atoms with Crippen molar-refractivity contribution >= 4 is 23.5 Å². The molecule has 0 fully saturated rings. The Kier molecular flexibility index (Phi) is 7.59. The number of carbonyl (C=O) groups is 2. The van der Waals surface area contributed by atoms with E-state index in [0.29, 0.717) is 33.9 Å². The molecule has 160 valence electrons. The van der Waals surface area contributed by atoms with Crippen molar-refractivity contribution in [3.05, 3.63) is 53.1 Å². The molecule has 0 aromatic heterocycles. The fourth-order valence-electron chi connectivity index (χ4n) is 2.93. The Hall–Kier alpha value is -3.79. The highest BCUT2D eigenvalue weighted by molar-refractivity contribution is 5.95. The van der Waals surface area contributed by atoms with Gasteiger partial charge in [-0.3, -0.25) is 20.9 Å². The number of rotatable bonds is 10. The van der Waals surface area contributed by atoms with Gasteiger partial charge in [0.15, 0.2) is 6.04 Å². The molecule has 0 saturated heterocycles. The van der Waals surface area contributed by atoms with Gasteiger partial charge in [0.1, 0.15) is 17.3 Å². The van der Waals surface area contributed by atoms with Crippen LogP contribution in [0.25, 0.3) is 0 Å². The number of hydroxylamine groups is 1. The van der Waals surface area contributed by atoms with Gasteiger partial charge in [0.25, 0.3) is 0 Å². The van der Waals surface area contributed by atoms with Gasteiger partial charge in [0.2, 0.25) is 0 Å². The number of amidine groups is 1. The first kappa shape index (κ1) is 22.5. The molecule has 10 nitrogen and oxygen atoms in total. The molecule has 1 atom stereocenters. The lowest BCUT2D eigenvalue weighted by molar-refractivity contribution is -0.138. The van der Waals surface area contributed by atoms with Gasteiger partial charge in [-0.05, 0) is 42.3 Å². The van der Waals surface area contributed by atoms with Crippen LogP contribution in [-0.2, 0) is 16.0 Å².